The summed E-state index contributed by atoms with van der Waals surface area (Å²) in [6, 6.07) is 16.6. The number of aromatic nitrogens is 1. The summed E-state index contributed by atoms with van der Waals surface area (Å²) in [7, 11) is 4.43. The summed E-state index contributed by atoms with van der Waals surface area (Å²) in [5.74, 6) is 0.895. The van der Waals surface area contributed by atoms with Gasteiger partial charge in [0, 0.05) is 22.1 Å². The molecule has 0 unspecified atom stereocenters. The van der Waals surface area contributed by atoms with E-state index in [1.54, 1.807) is 6.07 Å². The molecule has 0 radical (unpaired) electrons. The molecule has 3 aromatic rings. The highest BCUT2D eigenvalue weighted by molar-refractivity contribution is 5.85. The fourth-order valence-corrected chi connectivity index (χ4v) is 4.87. The highest BCUT2D eigenvalue weighted by Crippen LogP contribution is 2.47. The van der Waals surface area contributed by atoms with Gasteiger partial charge in [-0.1, -0.05) is 30.3 Å². The Morgan fingerprint density at radius 2 is 1.73 bits per heavy atom. The first-order chi connectivity index (χ1) is 12.5. The highest BCUT2D eigenvalue weighted by atomic mass is 16.3. The number of nitrogens with one attached hydrogen (secondary N) is 1. The molecule has 1 heterocycles. The van der Waals surface area contributed by atoms with Gasteiger partial charge in [0.2, 0.25) is 0 Å². The first-order valence-corrected chi connectivity index (χ1v) is 9.55. The van der Waals surface area contributed by atoms with Gasteiger partial charge in [-0.3, -0.25) is 4.90 Å². The van der Waals surface area contributed by atoms with E-state index in [9.17, 15) is 5.11 Å². The van der Waals surface area contributed by atoms with Crippen LogP contribution >= 0.6 is 0 Å². The van der Waals surface area contributed by atoms with Crippen LogP contribution in [-0.2, 0) is 5.54 Å². The zero-order chi connectivity index (χ0) is 18.3. The second-order valence-electron chi connectivity index (χ2n) is 7.96. The molecule has 2 aromatic carbocycles. The van der Waals surface area contributed by atoms with Gasteiger partial charge < -0.3 is 10.1 Å². The number of nitrogens with zero attached hydrogens (tertiary/aromatic N) is 1. The van der Waals surface area contributed by atoms with Gasteiger partial charge in [-0.15, -0.1) is 0 Å². The lowest BCUT2D eigenvalue weighted by molar-refractivity contribution is 0.0904. The molecule has 0 spiro atoms. The molecule has 26 heavy (non-hydrogen) atoms. The smallest absolute Gasteiger partial charge is 0.116 e. The molecule has 0 bridgehead atoms. The number of hydrogen-bond acceptors (Lipinski definition) is 2. The van der Waals surface area contributed by atoms with Crippen LogP contribution in [0.15, 0.2) is 48.5 Å². The molecule has 0 amide bonds. The first-order valence-electron chi connectivity index (χ1n) is 9.55. The molecule has 1 aliphatic carbocycles. The van der Waals surface area contributed by atoms with Crippen molar-refractivity contribution in [2.24, 2.45) is 0 Å². The van der Waals surface area contributed by atoms with Crippen LogP contribution in [0, 0.1) is 6.92 Å². The molecule has 0 atom stereocenters. The minimum atomic E-state index is 0.135. The van der Waals surface area contributed by atoms with E-state index in [0.29, 0.717) is 11.7 Å². The van der Waals surface area contributed by atoms with Crippen molar-refractivity contribution in [3.63, 3.8) is 0 Å². The molecule has 0 saturated heterocycles. The van der Waals surface area contributed by atoms with Crippen LogP contribution in [0.4, 0.5) is 0 Å². The van der Waals surface area contributed by atoms with Crippen LogP contribution in [-0.4, -0.2) is 29.1 Å². The second-order valence-corrected chi connectivity index (χ2v) is 7.96. The Hall–Kier alpha value is -2.26. The predicted octanol–water partition coefficient (Wildman–Crippen LogP) is 5.30. The molecule has 2 N–H and O–H groups in total. The summed E-state index contributed by atoms with van der Waals surface area (Å²) < 4.78 is 0. The molecule has 0 aliphatic heterocycles. The van der Waals surface area contributed by atoms with Crippen molar-refractivity contribution >= 4 is 10.9 Å². The van der Waals surface area contributed by atoms with E-state index in [2.05, 4.69) is 61.2 Å². The molecule has 1 aliphatic rings. The number of aromatic hydroxyl groups is 1. The number of fused-ring (bicyclic) bond motifs is 1. The molecular formula is C23H28N2O. The lowest BCUT2D eigenvalue weighted by Gasteiger charge is -2.45. The van der Waals surface area contributed by atoms with Crippen molar-refractivity contribution in [2.45, 2.75) is 44.1 Å². The van der Waals surface area contributed by atoms with Crippen molar-refractivity contribution in [3.8, 4) is 5.75 Å². The minimum absolute atomic E-state index is 0.135. The Morgan fingerprint density at radius 3 is 2.38 bits per heavy atom. The number of hydrogen-bond donors (Lipinski definition) is 2. The van der Waals surface area contributed by atoms with E-state index < -0.39 is 0 Å². The van der Waals surface area contributed by atoms with E-state index in [4.69, 9.17) is 0 Å². The Balaban J connectivity index is 1.63. The third kappa shape index (κ3) is 2.71. The molecule has 3 heteroatoms. The van der Waals surface area contributed by atoms with Gasteiger partial charge in [0.25, 0.3) is 0 Å². The summed E-state index contributed by atoms with van der Waals surface area (Å²) in [5.41, 5.74) is 5.34. The number of phenols is 1. The van der Waals surface area contributed by atoms with E-state index in [1.165, 1.54) is 29.7 Å². The highest BCUT2D eigenvalue weighted by Gasteiger charge is 2.39. The summed E-state index contributed by atoms with van der Waals surface area (Å²) in [5, 5.41) is 11.0. The number of aryl methyl sites for hydroxylation is 1. The van der Waals surface area contributed by atoms with Gasteiger partial charge in [0.05, 0.1) is 0 Å². The monoisotopic (exact) mass is 348 g/mol. The van der Waals surface area contributed by atoms with Gasteiger partial charge >= 0.3 is 0 Å². The normalized spacial score (nSPS) is 23.6. The van der Waals surface area contributed by atoms with Gasteiger partial charge in [-0.2, -0.15) is 0 Å². The van der Waals surface area contributed by atoms with Crippen molar-refractivity contribution < 1.29 is 5.11 Å². The number of H-pyrrole nitrogens is 1. The third-order valence-electron chi connectivity index (χ3n) is 6.47. The zero-order valence-corrected chi connectivity index (χ0v) is 15.9. The first kappa shape index (κ1) is 17.2. The van der Waals surface area contributed by atoms with E-state index >= 15 is 0 Å². The molecule has 3 nitrogen and oxygen atoms in total. The summed E-state index contributed by atoms with van der Waals surface area (Å²) in [6.45, 7) is 2.18. The number of benzene rings is 2. The Morgan fingerprint density at radius 1 is 1.04 bits per heavy atom. The lowest BCUT2D eigenvalue weighted by Crippen LogP contribution is -2.44. The molecular weight excluding hydrogens is 320 g/mol. The molecule has 4 rings (SSSR count). The van der Waals surface area contributed by atoms with Crippen LogP contribution in [0.3, 0.4) is 0 Å². The SMILES string of the molecule is Cc1c(C2CCC(c3ccccc3)(N(C)C)CC2)[nH]c2ccc(O)cc12. The molecule has 136 valence electrons. The van der Waals surface area contributed by atoms with Gasteiger partial charge in [0.1, 0.15) is 5.75 Å². The van der Waals surface area contributed by atoms with Crippen molar-refractivity contribution in [1.29, 1.82) is 0 Å². The van der Waals surface area contributed by atoms with Gasteiger partial charge in [-0.05, 0) is 81.9 Å². The van der Waals surface area contributed by atoms with Crippen molar-refractivity contribution in [3.05, 3.63) is 65.4 Å². The number of aromatic amines is 1. The van der Waals surface area contributed by atoms with Crippen LogP contribution in [0.25, 0.3) is 10.9 Å². The Bertz CT molecular complexity index is 903. The molecule has 1 saturated carbocycles. The van der Waals surface area contributed by atoms with Crippen molar-refractivity contribution in [2.75, 3.05) is 14.1 Å². The van der Waals surface area contributed by atoms with E-state index in [1.807, 2.05) is 12.1 Å². The largest absolute Gasteiger partial charge is 0.508 e. The standard InChI is InChI=1S/C23H28N2O/c1-16-20-15-19(26)9-10-21(20)24-22(16)17-11-13-23(14-12-17,25(2)3)18-7-5-4-6-8-18/h4-10,15,17,24,26H,11-14H2,1-3H3. The molecule has 1 fully saturated rings. The number of phenolic OH excluding ortho intramolecular Hbond substituents is 1. The fraction of sp³-hybridized carbons (Fsp3) is 0.391. The topological polar surface area (TPSA) is 39.3 Å². The third-order valence-corrected chi connectivity index (χ3v) is 6.47. The second kappa shape index (κ2) is 6.48. The average molecular weight is 348 g/mol. The maximum absolute atomic E-state index is 9.81. The van der Waals surface area contributed by atoms with E-state index in [-0.39, 0.29) is 5.54 Å². The minimum Gasteiger partial charge on any atom is -0.508 e. The van der Waals surface area contributed by atoms with Gasteiger partial charge in [-0.25, -0.2) is 0 Å². The predicted molar refractivity (Wildman–Crippen MR) is 108 cm³/mol. The summed E-state index contributed by atoms with van der Waals surface area (Å²) >= 11 is 0. The van der Waals surface area contributed by atoms with Crippen LogP contribution < -0.4 is 0 Å². The summed E-state index contributed by atoms with van der Waals surface area (Å²) in [4.78, 5) is 6.04. The molecule has 1 aromatic heterocycles. The quantitative estimate of drug-likeness (QED) is 0.674. The maximum atomic E-state index is 9.81. The zero-order valence-electron chi connectivity index (χ0n) is 15.9. The van der Waals surface area contributed by atoms with Crippen LogP contribution in [0.2, 0.25) is 0 Å². The Labute approximate surface area is 155 Å². The van der Waals surface area contributed by atoms with E-state index in [0.717, 1.165) is 23.7 Å². The number of rotatable bonds is 3. The van der Waals surface area contributed by atoms with Crippen LogP contribution in [0.5, 0.6) is 5.75 Å². The summed E-state index contributed by atoms with van der Waals surface area (Å²) in [6.07, 6.45) is 4.67. The Kier molecular flexibility index (Phi) is 4.28. The van der Waals surface area contributed by atoms with Crippen LogP contribution in [0.1, 0.15) is 48.4 Å². The lowest BCUT2D eigenvalue weighted by atomic mass is 9.71. The average Bonchev–Trinajstić information content (AvgIpc) is 2.98. The van der Waals surface area contributed by atoms with Gasteiger partial charge in [0.15, 0.2) is 0 Å². The van der Waals surface area contributed by atoms with Crippen molar-refractivity contribution in [1.82, 2.24) is 9.88 Å². The maximum Gasteiger partial charge on any atom is 0.116 e. The fourth-order valence-electron chi connectivity index (χ4n) is 4.87.